The smallest absolute Gasteiger partial charge is 0.130 e. The molecule has 58 valence electrons. The standard InChI is InChI=1S/C9H6N2S/c10-7-8-3-1-5-11-9(8)4-2-6-12/h1,3,5,12H,6H2. The third-order valence-corrected chi connectivity index (χ3v) is 1.37. The maximum absolute atomic E-state index is 8.64. The third kappa shape index (κ3) is 2.02. The Hall–Kier alpha value is -1.45. The van der Waals surface area contributed by atoms with E-state index in [2.05, 4.69) is 29.5 Å². The van der Waals surface area contributed by atoms with E-state index in [4.69, 9.17) is 5.26 Å². The molecule has 0 atom stereocenters. The summed E-state index contributed by atoms with van der Waals surface area (Å²) < 4.78 is 0. The van der Waals surface area contributed by atoms with Crippen LogP contribution >= 0.6 is 12.6 Å². The van der Waals surface area contributed by atoms with Gasteiger partial charge in [0.15, 0.2) is 0 Å². The van der Waals surface area contributed by atoms with Crippen LogP contribution in [0.3, 0.4) is 0 Å². The van der Waals surface area contributed by atoms with Crippen LogP contribution in [-0.2, 0) is 0 Å². The molecule has 0 radical (unpaired) electrons. The van der Waals surface area contributed by atoms with E-state index in [1.54, 1.807) is 18.3 Å². The average Bonchev–Trinajstić information content (AvgIpc) is 2.15. The quantitative estimate of drug-likeness (QED) is 0.474. The first-order chi connectivity index (χ1) is 5.88. The van der Waals surface area contributed by atoms with Crippen LogP contribution < -0.4 is 0 Å². The van der Waals surface area contributed by atoms with Crippen molar-refractivity contribution in [2.45, 2.75) is 0 Å². The molecule has 0 aromatic carbocycles. The number of pyridine rings is 1. The molecule has 1 heterocycles. The van der Waals surface area contributed by atoms with Crippen molar-refractivity contribution >= 4 is 12.6 Å². The molecule has 1 rings (SSSR count). The van der Waals surface area contributed by atoms with Crippen LogP contribution in [0.5, 0.6) is 0 Å². The van der Waals surface area contributed by atoms with Gasteiger partial charge in [-0.3, -0.25) is 0 Å². The summed E-state index contributed by atoms with van der Waals surface area (Å²) in [7, 11) is 0. The van der Waals surface area contributed by atoms with Crippen molar-refractivity contribution in [1.29, 1.82) is 5.26 Å². The summed E-state index contributed by atoms with van der Waals surface area (Å²) in [4.78, 5) is 3.96. The largest absolute Gasteiger partial charge is 0.246 e. The number of thiol groups is 1. The van der Waals surface area contributed by atoms with Gasteiger partial charge < -0.3 is 0 Å². The highest BCUT2D eigenvalue weighted by atomic mass is 32.1. The molecular formula is C9H6N2S. The zero-order chi connectivity index (χ0) is 8.81. The van der Waals surface area contributed by atoms with Crippen molar-refractivity contribution < 1.29 is 0 Å². The molecule has 0 N–H and O–H groups in total. The highest BCUT2D eigenvalue weighted by molar-refractivity contribution is 7.80. The summed E-state index contributed by atoms with van der Waals surface area (Å²) >= 11 is 3.93. The molecule has 0 fully saturated rings. The van der Waals surface area contributed by atoms with Gasteiger partial charge in [-0.25, -0.2) is 4.98 Å². The lowest BCUT2D eigenvalue weighted by Gasteiger charge is -1.90. The van der Waals surface area contributed by atoms with E-state index in [1.807, 2.05) is 6.07 Å². The SMILES string of the molecule is N#Cc1cccnc1C#CCS. The molecule has 0 aliphatic heterocycles. The molecular weight excluding hydrogens is 168 g/mol. The fourth-order valence-corrected chi connectivity index (χ4v) is 0.797. The maximum Gasteiger partial charge on any atom is 0.130 e. The zero-order valence-electron chi connectivity index (χ0n) is 6.28. The minimum Gasteiger partial charge on any atom is -0.246 e. The van der Waals surface area contributed by atoms with Crippen LogP contribution in [-0.4, -0.2) is 10.7 Å². The summed E-state index contributed by atoms with van der Waals surface area (Å²) in [5.41, 5.74) is 1.03. The Morgan fingerprint density at radius 3 is 3.08 bits per heavy atom. The number of nitrogens with zero attached hydrogens (tertiary/aromatic N) is 2. The molecule has 12 heavy (non-hydrogen) atoms. The second kappa shape index (κ2) is 4.43. The van der Waals surface area contributed by atoms with Crippen molar-refractivity contribution in [1.82, 2.24) is 4.98 Å². The van der Waals surface area contributed by atoms with Crippen LogP contribution in [0.25, 0.3) is 0 Å². The molecule has 0 unspecified atom stereocenters. The van der Waals surface area contributed by atoms with Crippen molar-refractivity contribution in [2.24, 2.45) is 0 Å². The summed E-state index contributed by atoms with van der Waals surface area (Å²) in [5, 5.41) is 8.64. The molecule has 3 heteroatoms. The lowest BCUT2D eigenvalue weighted by molar-refractivity contribution is 1.26. The van der Waals surface area contributed by atoms with Gasteiger partial charge in [0.1, 0.15) is 11.8 Å². The Morgan fingerprint density at radius 1 is 1.58 bits per heavy atom. The third-order valence-electron chi connectivity index (χ3n) is 1.21. The summed E-state index contributed by atoms with van der Waals surface area (Å²) in [5.74, 6) is 5.97. The number of aromatic nitrogens is 1. The van der Waals surface area contributed by atoms with Gasteiger partial charge in [0.2, 0.25) is 0 Å². The monoisotopic (exact) mass is 174 g/mol. The summed E-state index contributed by atoms with van der Waals surface area (Å²) in [6.45, 7) is 0. The Bertz CT molecular complexity index is 368. The number of rotatable bonds is 0. The summed E-state index contributed by atoms with van der Waals surface area (Å²) in [6.07, 6.45) is 1.61. The molecule has 0 bridgehead atoms. The molecule has 0 amide bonds. The van der Waals surface area contributed by atoms with Crippen molar-refractivity contribution in [3.8, 4) is 17.9 Å². The van der Waals surface area contributed by atoms with Gasteiger partial charge in [-0.15, -0.1) is 0 Å². The fraction of sp³-hybridized carbons (Fsp3) is 0.111. The Morgan fingerprint density at radius 2 is 2.42 bits per heavy atom. The van der Waals surface area contributed by atoms with Gasteiger partial charge in [-0.1, -0.05) is 5.92 Å². The first-order valence-corrected chi connectivity index (χ1v) is 3.96. The maximum atomic E-state index is 8.64. The second-order valence-electron chi connectivity index (χ2n) is 1.97. The Kier molecular flexibility index (Phi) is 3.19. The van der Waals surface area contributed by atoms with Crippen LogP contribution in [0.15, 0.2) is 18.3 Å². The van der Waals surface area contributed by atoms with Gasteiger partial charge in [-0.2, -0.15) is 17.9 Å². The van der Waals surface area contributed by atoms with Crippen LogP contribution in [0.2, 0.25) is 0 Å². The molecule has 1 aromatic rings. The molecule has 0 aliphatic carbocycles. The second-order valence-corrected chi connectivity index (χ2v) is 2.29. The minimum absolute atomic E-state index is 0.474. The number of nitriles is 1. The minimum atomic E-state index is 0.474. The van der Waals surface area contributed by atoms with E-state index < -0.39 is 0 Å². The van der Waals surface area contributed by atoms with Crippen molar-refractivity contribution in [3.63, 3.8) is 0 Å². The molecule has 0 saturated heterocycles. The predicted octanol–water partition coefficient (Wildman–Crippen LogP) is 1.23. The number of hydrogen-bond donors (Lipinski definition) is 1. The van der Waals surface area contributed by atoms with Crippen molar-refractivity contribution in [3.05, 3.63) is 29.6 Å². The Balaban J connectivity index is 3.07. The van der Waals surface area contributed by atoms with Crippen LogP contribution in [0.1, 0.15) is 11.3 Å². The first kappa shape index (κ1) is 8.64. The zero-order valence-corrected chi connectivity index (χ0v) is 7.18. The molecule has 1 aromatic heterocycles. The van der Waals surface area contributed by atoms with E-state index in [0.717, 1.165) is 0 Å². The fourth-order valence-electron chi connectivity index (χ4n) is 0.718. The van der Waals surface area contributed by atoms with E-state index in [-0.39, 0.29) is 0 Å². The van der Waals surface area contributed by atoms with E-state index in [1.165, 1.54) is 0 Å². The van der Waals surface area contributed by atoms with Gasteiger partial charge in [0.25, 0.3) is 0 Å². The average molecular weight is 174 g/mol. The molecule has 2 nitrogen and oxygen atoms in total. The Labute approximate surface area is 76.7 Å². The first-order valence-electron chi connectivity index (χ1n) is 3.33. The van der Waals surface area contributed by atoms with Gasteiger partial charge in [-0.05, 0) is 18.1 Å². The lowest BCUT2D eigenvalue weighted by atomic mass is 10.2. The van der Waals surface area contributed by atoms with Crippen LogP contribution in [0, 0.1) is 23.2 Å². The lowest BCUT2D eigenvalue weighted by Crippen LogP contribution is -1.86. The van der Waals surface area contributed by atoms with E-state index in [9.17, 15) is 0 Å². The van der Waals surface area contributed by atoms with E-state index >= 15 is 0 Å². The van der Waals surface area contributed by atoms with E-state index in [0.29, 0.717) is 17.0 Å². The number of hydrogen-bond acceptors (Lipinski definition) is 3. The molecule has 0 saturated carbocycles. The van der Waals surface area contributed by atoms with Crippen molar-refractivity contribution in [2.75, 3.05) is 5.75 Å². The predicted molar refractivity (Wildman–Crippen MR) is 49.7 cm³/mol. The highest BCUT2D eigenvalue weighted by Crippen LogP contribution is 2.00. The molecule has 0 aliphatic rings. The van der Waals surface area contributed by atoms with Gasteiger partial charge in [0, 0.05) is 6.20 Å². The van der Waals surface area contributed by atoms with Crippen LogP contribution in [0.4, 0.5) is 0 Å². The van der Waals surface area contributed by atoms with Gasteiger partial charge in [0.05, 0.1) is 11.3 Å². The topological polar surface area (TPSA) is 36.7 Å². The normalized spacial score (nSPS) is 8.00. The summed E-state index contributed by atoms with van der Waals surface area (Å²) in [6, 6.07) is 5.42. The highest BCUT2D eigenvalue weighted by Gasteiger charge is 1.96. The molecule has 0 spiro atoms. The van der Waals surface area contributed by atoms with Gasteiger partial charge >= 0.3 is 0 Å².